The molecule has 0 spiro atoms. The predicted molar refractivity (Wildman–Crippen MR) is 126 cm³/mol. The monoisotopic (exact) mass is 472 g/mol. The van der Waals surface area contributed by atoms with Gasteiger partial charge >= 0.3 is 12.1 Å². The first-order valence-electron chi connectivity index (χ1n) is 10.9. The zero-order valence-corrected chi connectivity index (χ0v) is 19.8. The van der Waals surface area contributed by atoms with Crippen LogP contribution in [0.4, 0.5) is 4.79 Å². The molecule has 0 aromatic heterocycles. The van der Waals surface area contributed by atoms with E-state index in [0.29, 0.717) is 11.3 Å². The van der Waals surface area contributed by atoms with Crippen LogP contribution in [0, 0.1) is 0 Å². The van der Waals surface area contributed by atoms with Crippen LogP contribution in [0.15, 0.2) is 54.6 Å². The lowest BCUT2D eigenvalue weighted by molar-refractivity contribution is -0.143. The highest BCUT2D eigenvalue weighted by molar-refractivity contribution is 5.87. The summed E-state index contributed by atoms with van der Waals surface area (Å²) in [7, 11) is 1.52. The number of carbonyl (C=O) groups excluding carboxylic acids is 2. The summed E-state index contributed by atoms with van der Waals surface area (Å²) in [6.45, 7) is 5.08. The molecule has 0 saturated heterocycles. The molecule has 0 fully saturated rings. The summed E-state index contributed by atoms with van der Waals surface area (Å²) < 4.78 is 10.3. The van der Waals surface area contributed by atoms with E-state index in [-0.39, 0.29) is 12.8 Å². The summed E-state index contributed by atoms with van der Waals surface area (Å²) in [4.78, 5) is 36.9. The summed E-state index contributed by atoms with van der Waals surface area (Å²) in [5.41, 5.74) is 0.653. The SMILES string of the molecule is COc1ccc(CC(NC(=O)[C@@H](O)[C@@H](Cc2ccccc2)NC(=O)OC(C)(C)C)C(=O)O)cc1. The summed E-state index contributed by atoms with van der Waals surface area (Å²) in [5, 5.41) is 25.3. The number of nitrogens with one attached hydrogen (secondary N) is 2. The number of methoxy groups -OCH3 is 1. The van der Waals surface area contributed by atoms with Gasteiger partial charge in [-0.05, 0) is 50.5 Å². The number of carboxylic acids is 1. The van der Waals surface area contributed by atoms with E-state index < -0.39 is 41.8 Å². The molecule has 0 aliphatic heterocycles. The van der Waals surface area contributed by atoms with Gasteiger partial charge < -0.3 is 30.3 Å². The third-order valence-electron chi connectivity index (χ3n) is 4.86. The Morgan fingerprint density at radius 3 is 2.03 bits per heavy atom. The highest BCUT2D eigenvalue weighted by Gasteiger charge is 2.32. The number of ether oxygens (including phenoxy) is 2. The van der Waals surface area contributed by atoms with Gasteiger partial charge in [-0.1, -0.05) is 42.5 Å². The molecule has 0 aliphatic rings. The molecule has 2 aromatic rings. The fourth-order valence-corrected chi connectivity index (χ4v) is 3.21. The number of benzene rings is 2. The van der Waals surface area contributed by atoms with Gasteiger partial charge in [-0.25, -0.2) is 9.59 Å². The fourth-order valence-electron chi connectivity index (χ4n) is 3.21. The van der Waals surface area contributed by atoms with Crippen LogP contribution in [0.5, 0.6) is 5.75 Å². The molecule has 2 aromatic carbocycles. The van der Waals surface area contributed by atoms with E-state index >= 15 is 0 Å². The van der Waals surface area contributed by atoms with Crippen molar-refractivity contribution in [3.8, 4) is 5.75 Å². The Morgan fingerprint density at radius 2 is 1.50 bits per heavy atom. The number of alkyl carbamates (subject to hydrolysis) is 1. The summed E-state index contributed by atoms with van der Waals surface area (Å²) in [6.07, 6.45) is -2.38. The van der Waals surface area contributed by atoms with E-state index in [1.165, 1.54) is 7.11 Å². The second-order valence-corrected chi connectivity index (χ2v) is 8.84. The number of amides is 2. The average Bonchev–Trinajstić information content (AvgIpc) is 2.77. The van der Waals surface area contributed by atoms with Gasteiger partial charge in [0.2, 0.25) is 0 Å². The molecule has 184 valence electrons. The average molecular weight is 473 g/mol. The molecule has 0 aliphatic carbocycles. The Kier molecular flexibility index (Phi) is 9.44. The topological polar surface area (TPSA) is 134 Å². The van der Waals surface area contributed by atoms with Gasteiger partial charge in [0.05, 0.1) is 13.2 Å². The van der Waals surface area contributed by atoms with Crippen molar-refractivity contribution in [2.75, 3.05) is 7.11 Å². The molecule has 0 radical (unpaired) electrons. The Hall–Kier alpha value is -3.59. The van der Waals surface area contributed by atoms with Crippen LogP contribution in [0.3, 0.4) is 0 Å². The maximum absolute atomic E-state index is 12.8. The number of hydrogen-bond donors (Lipinski definition) is 4. The summed E-state index contributed by atoms with van der Waals surface area (Å²) >= 11 is 0. The van der Waals surface area contributed by atoms with E-state index in [0.717, 1.165) is 5.56 Å². The van der Waals surface area contributed by atoms with Gasteiger partial charge in [-0.2, -0.15) is 0 Å². The molecule has 3 atom stereocenters. The maximum Gasteiger partial charge on any atom is 0.407 e. The van der Waals surface area contributed by atoms with Crippen LogP contribution >= 0.6 is 0 Å². The largest absolute Gasteiger partial charge is 0.497 e. The molecular formula is C25H32N2O7. The quantitative estimate of drug-likeness (QED) is 0.417. The first kappa shape index (κ1) is 26.7. The standard InChI is InChI=1S/C25H32N2O7/c1-25(2,3)34-24(32)27-19(14-16-8-6-5-7-9-16)21(28)22(29)26-20(23(30)31)15-17-10-12-18(33-4)13-11-17/h5-13,19-21,28H,14-15H2,1-4H3,(H,26,29)(H,27,32)(H,30,31)/t19-,20?,21+/m1/s1. The lowest BCUT2D eigenvalue weighted by Crippen LogP contribution is -2.55. The maximum atomic E-state index is 12.8. The van der Waals surface area contributed by atoms with E-state index in [4.69, 9.17) is 9.47 Å². The van der Waals surface area contributed by atoms with Gasteiger partial charge in [-0.15, -0.1) is 0 Å². The van der Waals surface area contributed by atoms with Gasteiger partial charge in [0.25, 0.3) is 5.91 Å². The Bertz CT molecular complexity index is 955. The van der Waals surface area contributed by atoms with Crippen LogP contribution in [0.25, 0.3) is 0 Å². The number of hydrogen-bond acceptors (Lipinski definition) is 6. The number of aliphatic hydroxyl groups excluding tert-OH is 1. The van der Waals surface area contributed by atoms with Crippen molar-refractivity contribution in [1.82, 2.24) is 10.6 Å². The van der Waals surface area contributed by atoms with Gasteiger partial charge in [0.1, 0.15) is 17.4 Å². The molecular weight excluding hydrogens is 440 g/mol. The minimum Gasteiger partial charge on any atom is -0.497 e. The van der Waals surface area contributed by atoms with Crippen molar-refractivity contribution in [2.24, 2.45) is 0 Å². The first-order chi connectivity index (χ1) is 16.0. The normalized spacial score (nSPS) is 13.8. The van der Waals surface area contributed by atoms with Crippen molar-refractivity contribution in [1.29, 1.82) is 0 Å². The van der Waals surface area contributed by atoms with Crippen LogP contribution < -0.4 is 15.4 Å². The van der Waals surface area contributed by atoms with Crippen molar-refractivity contribution in [3.63, 3.8) is 0 Å². The van der Waals surface area contributed by atoms with E-state index in [1.807, 2.05) is 6.07 Å². The Morgan fingerprint density at radius 1 is 0.912 bits per heavy atom. The molecule has 34 heavy (non-hydrogen) atoms. The molecule has 4 N–H and O–H groups in total. The third kappa shape index (κ3) is 8.74. The molecule has 9 heteroatoms. The second-order valence-electron chi connectivity index (χ2n) is 8.84. The zero-order chi connectivity index (χ0) is 25.3. The van der Waals surface area contributed by atoms with Gasteiger partial charge in [0.15, 0.2) is 6.10 Å². The number of rotatable bonds is 10. The number of carbonyl (C=O) groups is 3. The van der Waals surface area contributed by atoms with Crippen molar-refractivity contribution < 1.29 is 34.1 Å². The molecule has 0 saturated carbocycles. The molecule has 9 nitrogen and oxygen atoms in total. The zero-order valence-electron chi connectivity index (χ0n) is 19.8. The molecule has 2 rings (SSSR count). The molecule has 1 unspecified atom stereocenters. The minimum atomic E-state index is -1.72. The number of aliphatic carboxylic acids is 1. The molecule has 0 heterocycles. The van der Waals surface area contributed by atoms with Crippen molar-refractivity contribution >= 4 is 18.0 Å². The predicted octanol–water partition coefficient (Wildman–Crippen LogP) is 2.30. The molecule has 2 amide bonds. The van der Waals surface area contributed by atoms with Crippen LogP contribution in [0.1, 0.15) is 31.9 Å². The van der Waals surface area contributed by atoms with E-state index in [2.05, 4.69) is 10.6 Å². The van der Waals surface area contributed by atoms with E-state index in [1.54, 1.807) is 69.3 Å². The van der Waals surface area contributed by atoms with Crippen LogP contribution in [-0.4, -0.2) is 59.1 Å². The first-order valence-corrected chi connectivity index (χ1v) is 10.9. The van der Waals surface area contributed by atoms with Gasteiger partial charge in [-0.3, -0.25) is 4.79 Å². The second kappa shape index (κ2) is 12.0. The van der Waals surface area contributed by atoms with Crippen molar-refractivity contribution in [2.45, 2.75) is 57.4 Å². The fraction of sp³-hybridized carbons (Fsp3) is 0.400. The summed E-state index contributed by atoms with van der Waals surface area (Å²) in [6, 6.07) is 13.4. The lowest BCUT2D eigenvalue weighted by Gasteiger charge is -2.27. The van der Waals surface area contributed by atoms with E-state index in [9.17, 15) is 24.6 Å². The molecule has 0 bridgehead atoms. The highest BCUT2D eigenvalue weighted by Crippen LogP contribution is 2.14. The number of carboxylic acid groups (broad SMARTS) is 1. The van der Waals surface area contributed by atoms with Crippen LogP contribution in [0.2, 0.25) is 0 Å². The minimum absolute atomic E-state index is 0.000629. The number of aliphatic hydroxyl groups is 1. The third-order valence-corrected chi connectivity index (χ3v) is 4.86. The van der Waals surface area contributed by atoms with Crippen molar-refractivity contribution in [3.05, 3.63) is 65.7 Å². The van der Waals surface area contributed by atoms with Gasteiger partial charge in [0, 0.05) is 6.42 Å². The highest BCUT2D eigenvalue weighted by atomic mass is 16.6. The Balaban J connectivity index is 2.14. The van der Waals surface area contributed by atoms with Crippen LogP contribution in [-0.2, 0) is 27.2 Å². The smallest absolute Gasteiger partial charge is 0.407 e. The summed E-state index contributed by atoms with van der Waals surface area (Å²) in [5.74, 6) is -1.55. The lowest BCUT2D eigenvalue weighted by atomic mass is 10.00. The Labute approximate surface area is 199 Å².